The number of carbonyl (C=O) groups is 1. The van der Waals surface area contributed by atoms with Gasteiger partial charge < -0.3 is 13.8 Å². The smallest absolute Gasteiger partial charge is 0.382 e. The molecule has 32 heavy (non-hydrogen) atoms. The first-order chi connectivity index (χ1) is 15.5. The van der Waals surface area contributed by atoms with E-state index in [1.165, 1.54) is 24.3 Å². The quantitative estimate of drug-likeness (QED) is 0.120. The summed E-state index contributed by atoms with van der Waals surface area (Å²) in [6.45, 7) is 8.18. The lowest BCUT2D eigenvalue weighted by atomic mass is 10.2. The topological polar surface area (TPSA) is 99.9 Å². The molecule has 2 atom stereocenters. The van der Waals surface area contributed by atoms with Crippen LogP contribution in [-0.2, 0) is 9.53 Å². The van der Waals surface area contributed by atoms with Gasteiger partial charge >= 0.3 is 14.5 Å². The van der Waals surface area contributed by atoms with Gasteiger partial charge in [0.05, 0.1) is 11.5 Å². The van der Waals surface area contributed by atoms with E-state index < -0.39 is 19.5 Å². The van der Waals surface area contributed by atoms with Gasteiger partial charge in [-0.3, -0.25) is 14.9 Å². The Morgan fingerprint density at radius 2 is 1.59 bits per heavy atom. The number of hydrogen-bond acceptors (Lipinski definition) is 7. The molecule has 0 saturated carbocycles. The minimum atomic E-state index is -1.76. The zero-order valence-electron chi connectivity index (χ0n) is 19.2. The van der Waals surface area contributed by atoms with Gasteiger partial charge in [0.25, 0.3) is 5.69 Å². The molecule has 8 nitrogen and oxygen atoms in total. The van der Waals surface area contributed by atoms with E-state index in [4.69, 9.17) is 13.8 Å². The van der Waals surface area contributed by atoms with Crippen LogP contribution in [0.1, 0.15) is 53.4 Å². The van der Waals surface area contributed by atoms with Crippen molar-refractivity contribution in [2.75, 3.05) is 6.61 Å². The number of esters is 1. The summed E-state index contributed by atoms with van der Waals surface area (Å²) >= 11 is 0. The van der Waals surface area contributed by atoms with Gasteiger partial charge in [0.15, 0.2) is 0 Å². The summed E-state index contributed by atoms with van der Waals surface area (Å²) in [7, 11) is -1.76. The van der Waals surface area contributed by atoms with Crippen molar-refractivity contribution >= 4 is 20.2 Å². The summed E-state index contributed by atoms with van der Waals surface area (Å²) in [6, 6.07) is 14.1. The van der Waals surface area contributed by atoms with Gasteiger partial charge in [-0.25, -0.2) is 5.09 Å². The van der Waals surface area contributed by atoms with Crippen molar-refractivity contribution in [3.63, 3.8) is 0 Å². The minimum Gasteiger partial charge on any atom is -0.465 e. The number of ether oxygens (including phenoxy) is 1. The minimum absolute atomic E-state index is 0.0383. The maximum Gasteiger partial charge on any atom is 0.382 e. The summed E-state index contributed by atoms with van der Waals surface area (Å²) in [5.74, 6) is 0.566. The van der Waals surface area contributed by atoms with Gasteiger partial charge in [-0.2, -0.15) is 0 Å². The second kappa shape index (κ2) is 16.0. The molecule has 0 amide bonds. The van der Waals surface area contributed by atoms with Crippen LogP contribution >= 0.6 is 8.53 Å². The van der Waals surface area contributed by atoms with Crippen LogP contribution in [0, 0.1) is 10.1 Å². The lowest BCUT2D eigenvalue weighted by Gasteiger charge is -2.22. The fourth-order valence-electron chi connectivity index (χ4n) is 2.41. The zero-order chi connectivity index (χ0) is 23.8. The normalized spacial score (nSPS) is 12.0. The summed E-state index contributed by atoms with van der Waals surface area (Å²) in [6.07, 6.45) is 4.09. The maximum absolute atomic E-state index is 12.3. The number of nitro benzene ring substituents is 1. The first-order valence-corrected chi connectivity index (χ1v) is 12.1. The molecule has 0 spiro atoms. The first kappa shape index (κ1) is 27.3. The van der Waals surface area contributed by atoms with Crippen LogP contribution in [0.15, 0.2) is 54.6 Å². The van der Waals surface area contributed by atoms with Crippen molar-refractivity contribution in [3.05, 3.63) is 64.7 Å². The second-order valence-corrected chi connectivity index (χ2v) is 7.72. The van der Waals surface area contributed by atoms with Gasteiger partial charge in [-0.15, -0.1) is 0 Å². The molecule has 0 radical (unpaired) electrons. The van der Waals surface area contributed by atoms with E-state index in [0.717, 1.165) is 25.7 Å². The highest BCUT2D eigenvalue weighted by Gasteiger charge is 2.24. The Kier molecular flexibility index (Phi) is 13.7. The molecule has 2 aromatic rings. The van der Waals surface area contributed by atoms with E-state index in [9.17, 15) is 14.9 Å². The van der Waals surface area contributed by atoms with Crippen molar-refractivity contribution in [2.45, 2.75) is 59.4 Å². The predicted octanol–water partition coefficient (Wildman–Crippen LogP) is 6.41. The summed E-state index contributed by atoms with van der Waals surface area (Å²) < 4.78 is 17.0. The third-order valence-electron chi connectivity index (χ3n) is 4.06. The molecular formula is C23H33N2O6P. The molecule has 0 aliphatic carbocycles. The Morgan fingerprint density at radius 1 is 1.00 bits per heavy atom. The number of nitro groups is 1. The Bertz CT molecular complexity index is 789. The number of non-ortho nitro benzene ring substituents is 1. The fourth-order valence-corrected chi connectivity index (χ4v) is 3.60. The van der Waals surface area contributed by atoms with Gasteiger partial charge in [-0.1, -0.05) is 58.2 Å². The highest BCUT2D eigenvalue weighted by Crippen LogP contribution is 2.37. The van der Waals surface area contributed by atoms with Crippen LogP contribution in [0.5, 0.6) is 11.5 Å². The SMILES string of the molecule is CC.CCCCCCOC(=O)C(C)NP(Oc1ccccc1)Oc1ccc([N+](=O)[O-])cc1. The monoisotopic (exact) mass is 464 g/mol. The Balaban J connectivity index is 0.00000249. The number of hydrogen-bond donors (Lipinski definition) is 1. The molecule has 2 unspecified atom stereocenters. The van der Waals surface area contributed by atoms with E-state index in [0.29, 0.717) is 18.1 Å². The van der Waals surface area contributed by atoms with E-state index in [1.54, 1.807) is 19.1 Å². The fraction of sp³-hybridized carbons (Fsp3) is 0.435. The van der Waals surface area contributed by atoms with E-state index in [-0.39, 0.29) is 11.7 Å². The molecule has 0 aromatic heterocycles. The standard InChI is InChI=1S/C21H27N2O6P.C2H6/c1-3-4-5-9-16-27-21(24)17(2)22-30(28-19-10-7-6-8-11-19)29-20-14-12-18(13-15-20)23(25)26;1-2/h6-8,10-15,17,22H,3-5,9,16H2,1-2H3;1-2H3. The van der Waals surface area contributed by atoms with Gasteiger partial charge in [0, 0.05) is 12.1 Å². The highest BCUT2D eigenvalue weighted by atomic mass is 31.2. The predicted molar refractivity (Wildman–Crippen MR) is 127 cm³/mol. The van der Waals surface area contributed by atoms with E-state index in [2.05, 4.69) is 12.0 Å². The Morgan fingerprint density at radius 3 is 2.16 bits per heavy atom. The molecule has 0 aliphatic heterocycles. The molecule has 0 aliphatic rings. The highest BCUT2D eigenvalue weighted by molar-refractivity contribution is 7.45. The molecular weight excluding hydrogens is 431 g/mol. The first-order valence-electron chi connectivity index (χ1n) is 10.9. The number of carbonyl (C=O) groups excluding carboxylic acids is 1. The molecule has 1 N–H and O–H groups in total. The van der Waals surface area contributed by atoms with Crippen molar-refractivity contribution in [1.82, 2.24) is 5.09 Å². The van der Waals surface area contributed by atoms with Crippen molar-refractivity contribution in [2.24, 2.45) is 0 Å². The lowest BCUT2D eigenvalue weighted by Crippen LogP contribution is -2.34. The zero-order valence-corrected chi connectivity index (χ0v) is 20.0. The molecule has 9 heteroatoms. The van der Waals surface area contributed by atoms with Crippen LogP contribution in [0.25, 0.3) is 0 Å². The summed E-state index contributed by atoms with van der Waals surface area (Å²) in [5, 5.41) is 13.8. The lowest BCUT2D eigenvalue weighted by molar-refractivity contribution is -0.384. The summed E-state index contributed by atoms with van der Waals surface area (Å²) in [5.41, 5.74) is -0.0383. The van der Waals surface area contributed by atoms with Gasteiger partial charge in [0.2, 0.25) is 0 Å². The largest absolute Gasteiger partial charge is 0.465 e. The number of benzene rings is 2. The molecule has 0 saturated heterocycles. The van der Waals surface area contributed by atoms with Crippen LogP contribution in [-0.4, -0.2) is 23.5 Å². The number of nitrogens with one attached hydrogen (secondary N) is 1. The third-order valence-corrected chi connectivity index (χ3v) is 5.41. The summed E-state index contributed by atoms with van der Waals surface area (Å²) in [4.78, 5) is 22.6. The number of unbranched alkanes of at least 4 members (excludes halogenated alkanes) is 3. The average Bonchev–Trinajstić information content (AvgIpc) is 2.81. The average molecular weight is 464 g/mol. The van der Waals surface area contributed by atoms with Crippen LogP contribution in [0.4, 0.5) is 5.69 Å². The number of nitrogens with zero attached hydrogens (tertiary/aromatic N) is 1. The molecule has 0 bridgehead atoms. The molecule has 2 aromatic carbocycles. The van der Waals surface area contributed by atoms with Crippen LogP contribution in [0.3, 0.4) is 0 Å². The van der Waals surface area contributed by atoms with Gasteiger partial charge in [0.1, 0.15) is 17.5 Å². The van der Waals surface area contributed by atoms with Gasteiger partial charge in [-0.05, 0) is 37.6 Å². The Hall–Kier alpha value is -2.70. The number of para-hydroxylation sites is 1. The van der Waals surface area contributed by atoms with E-state index >= 15 is 0 Å². The van der Waals surface area contributed by atoms with Crippen LogP contribution < -0.4 is 14.1 Å². The Labute approximate surface area is 191 Å². The van der Waals surface area contributed by atoms with Crippen molar-refractivity contribution in [1.29, 1.82) is 0 Å². The van der Waals surface area contributed by atoms with Crippen LogP contribution in [0.2, 0.25) is 0 Å². The van der Waals surface area contributed by atoms with E-state index in [1.807, 2.05) is 32.0 Å². The second-order valence-electron chi connectivity index (χ2n) is 6.58. The number of rotatable bonds is 13. The molecule has 0 heterocycles. The molecule has 2 rings (SSSR count). The third kappa shape index (κ3) is 10.6. The van der Waals surface area contributed by atoms with Crippen molar-refractivity contribution < 1.29 is 23.5 Å². The molecule has 176 valence electrons. The molecule has 0 fully saturated rings. The maximum atomic E-state index is 12.3. The van der Waals surface area contributed by atoms with Crippen molar-refractivity contribution in [3.8, 4) is 11.5 Å².